The third-order valence-electron chi connectivity index (χ3n) is 3.10. The predicted molar refractivity (Wildman–Crippen MR) is 85.4 cm³/mol. The predicted octanol–water partition coefficient (Wildman–Crippen LogP) is 2.77. The zero-order valence-corrected chi connectivity index (χ0v) is 13.5. The lowest BCUT2D eigenvalue weighted by Gasteiger charge is -2.05. The molecule has 0 fully saturated rings. The first kappa shape index (κ1) is 16.8. The van der Waals surface area contributed by atoms with E-state index in [9.17, 15) is 9.18 Å². The molecule has 0 atom stereocenters. The van der Waals surface area contributed by atoms with Gasteiger partial charge in [-0.15, -0.1) is 0 Å². The number of rotatable bonds is 6. The second-order valence-electron chi connectivity index (χ2n) is 4.87. The molecule has 3 rings (SSSR count). The minimum Gasteiger partial charge on any atom is -0.482 e. The van der Waals surface area contributed by atoms with Crippen molar-refractivity contribution in [3.63, 3.8) is 0 Å². The standard InChI is InChI=1S/C16H12ClFN4O3/c17-12-5-10(18)1-2-14(12)24-8-15-22-13(7-25-15)16(23)20-6-11-3-4-19-9-21-11/h1-5,7,9H,6,8H2,(H,20,23). The number of aromatic nitrogens is 3. The molecule has 0 unspecified atom stereocenters. The highest BCUT2D eigenvalue weighted by atomic mass is 35.5. The van der Waals surface area contributed by atoms with Crippen molar-refractivity contribution in [1.82, 2.24) is 20.3 Å². The Morgan fingerprint density at radius 2 is 2.24 bits per heavy atom. The Bertz CT molecular complexity index is 873. The zero-order chi connectivity index (χ0) is 17.6. The van der Waals surface area contributed by atoms with Crippen LogP contribution in [0, 0.1) is 5.82 Å². The van der Waals surface area contributed by atoms with Gasteiger partial charge in [0, 0.05) is 6.20 Å². The number of carbonyl (C=O) groups is 1. The van der Waals surface area contributed by atoms with E-state index in [0.717, 1.165) is 6.07 Å². The van der Waals surface area contributed by atoms with Gasteiger partial charge < -0.3 is 14.5 Å². The van der Waals surface area contributed by atoms with E-state index >= 15 is 0 Å². The van der Waals surface area contributed by atoms with Crippen molar-refractivity contribution < 1.29 is 18.3 Å². The number of hydrogen-bond acceptors (Lipinski definition) is 6. The van der Waals surface area contributed by atoms with Gasteiger partial charge in [0.25, 0.3) is 5.91 Å². The Kier molecular flexibility index (Phi) is 5.20. The Labute approximate surface area is 146 Å². The monoisotopic (exact) mass is 362 g/mol. The number of benzene rings is 1. The van der Waals surface area contributed by atoms with E-state index in [1.54, 1.807) is 12.3 Å². The summed E-state index contributed by atoms with van der Waals surface area (Å²) in [6, 6.07) is 5.45. The lowest BCUT2D eigenvalue weighted by molar-refractivity contribution is 0.0945. The van der Waals surface area contributed by atoms with Crippen molar-refractivity contribution in [1.29, 1.82) is 0 Å². The minimum atomic E-state index is -0.462. The van der Waals surface area contributed by atoms with E-state index in [1.165, 1.54) is 24.7 Å². The maximum atomic E-state index is 13.0. The summed E-state index contributed by atoms with van der Waals surface area (Å²) >= 11 is 5.86. The number of amides is 1. The van der Waals surface area contributed by atoms with E-state index < -0.39 is 11.7 Å². The van der Waals surface area contributed by atoms with Crippen molar-refractivity contribution in [3.05, 3.63) is 71.2 Å². The van der Waals surface area contributed by atoms with Crippen molar-refractivity contribution >= 4 is 17.5 Å². The van der Waals surface area contributed by atoms with Crippen molar-refractivity contribution in [3.8, 4) is 5.75 Å². The van der Waals surface area contributed by atoms with Crippen molar-refractivity contribution in [2.45, 2.75) is 13.2 Å². The molecule has 128 valence electrons. The van der Waals surface area contributed by atoms with Gasteiger partial charge in [-0.3, -0.25) is 4.79 Å². The largest absolute Gasteiger partial charge is 0.482 e. The summed E-state index contributed by atoms with van der Waals surface area (Å²) in [7, 11) is 0. The summed E-state index contributed by atoms with van der Waals surface area (Å²) in [6.07, 6.45) is 4.20. The van der Waals surface area contributed by atoms with Gasteiger partial charge in [0.15, 0.2) is 12.3 Å². The summed E-state index contributed by atoms with van der Waals surface area (Å²) in [5, 5.41) is 2.80. The van der Waals surface area contributed by atoms with Crippen LogP contribution in [-0.2, 0) is 13.2 Å². The smallest absolute Gasteiger partial charge is 0.273 e. The molecule has 0 aliphatic rings. The van der Waals surface area contributed by atoms with E-state index in [0.29, 0.717) is 5.69 Å². The third-order valence-corrected chi connectivity index (χ3v) is 3.40. The average molecular weight is 363 g/mol. The van der Waals surface area contributed by atoms with E-state index in [1.807, 2.05) is 0 Å². The highest BCUT2D eigenvalue weighted by Gasteiger charge is 2.13. The first-order valence-corrected chi connectivity index (χ1v) is 7.55. The van der Waals surface area contributed by atoms with Crippen LogP contribution in [0.15, 0.2) is 47.5 Å². The maximum absolute atomic E-state index is 13.0. The van der Waals surface area contributed by atoms with Crippen molar-refractivity contribution in [2.24, 2.45) is 0 Å². The fourth-order valence-electron chi connectivity index (χ4n) is 1.90. The molecule has 7 nitrogen and oxygen atoms in total. The summed E-state index contributed by atoms with van der Waals surface area (Å²) < 4.78 is 23.6. The molecular weight excluding hydrogens is 351 g/mol. The third kappa shape index (κ3) is 4.51. The Morgan fingerprint density at radius 1 is 1.36 bits per heavy atom. The van der Waals surface area contributed by atoms with Gasteiger partial charge in [0.1, 0.15) is 24.2 Å². The molecule has 1 N–H and O–H groups in total. The molecule has 0 saturated heterocycles. The zero-order valence-electron chi connectivity index (χ0n) is 12.8. The molecular formula is C16H12ClFN4O3. The van der Waals surface area contributed by atoms with E-state index in [2.05, 4.69) is 20.3 Å². The number of oxazole rings is 1. The first-order chi connectivity index (χ1) is 12.1. The summed E-state index contributed by atoms with van der Waals surface area (Å²) in [4.78, 5) is 23.8. The summed E-state index contributed by atoms with van der Waals surface area (Å²) in [6.45, 7) is 0.190. The van der Waals surface area contributed by atoms with Crippen LogP contribution in [0.2, 0.25) is 5.02 Å². The van der Waals surface area contributed by atoms with Gasteiger partial charge >= 0.3 is 0 Å². The van der Waals surface area contributed by atoms with Crippen LogP contribution in [0.3, 0.4) is 0 Å². The van der Waals surface area contributed by atoms with Gasteiger partial charge in [-0.05, 0) is 24.3 Å². The molecule has 2 heterocycles. The molecule has 0 aliphatic heterocycles. The highest BCUT2D eigenvalue weighted by molar-refractivity contribution is 6.32. The molecule has 2 aromatic heterocycles. The SMILES string of the molecule is O=C(NCc1ccncn1)c1coc(COc2ccc(F)cc2Cl)n1. The van der Waals surface area contributed by atoms with E-state index in [4.69, 9.17) is 20.8 Å². The Morgan fingerprint density at radius 3 is 3.00 bits per heavy atom. The first-order valence-electron chi connectivity index (χ1n) is 7.17. The van der Waals surface area contributed by atoms with Crippen LogP contribution in [0.25, 0.3) is 0 Å². The number of ether oxygens (including phenoxy) is 1. The molecule has 3 aromatic rings. The number of carbonyl (C=O) groups excluding carboxylic acids is 1. The van der Waals surface area contributed by atoms with Gasteiger partial charge in [0.05, 0.1) is 17.3 Å². The second kappa shape index (κ2) is 7.71. The number of halogens is 2. The quantitative estimate of drug-likeness (QED) is 0.725. The normalized spacial score (nSPS) is 10.5. The molecule has 1 amide bonds. The molecule has 1 aromatic carbocycles. The van der Waals surface area contributed by atoms with Gasteiger partial charge in [-0.1, -0.05) is 11.6 Å². The molecule has 0 aliphatic carbocycles. The summed E-state index contributed by atoms with van der Waals surface area (Å²) in [5.74, 6) is -0.395. The number of nitrogens with zero attached hydrogens (tertiary/aromatic N) is 3. The highest BCUT2D eigenvalue weighted by Crippen LogP contribution is 2.25. The molecule has 0 saturated carbocycles. The van der Waals surface area contributed by atoms with Crippen molar-refractivity contribution in [2.75, 3.05) is 0 Å². The maximum Gasteiger partial charge on any atom is 0.273 e. The minimum absolute atomic E-state index is 0.0510. The van der Waals surface area contributed by atoms with Crippen LogP contribution in [0.1, 0.15) is 22.1 Å². The lowest BCUT2D eigenvalue weighted by atomic mass is 10.3. The summed E-state index contributed by atoms with van der Waals surface area (Å²) in [5.41, 5.74) is 0.777. The fourth-order valence-corrected chi connectivity index (χ4v) is 2.12. The topological polar surface area (TPSA) is 90.1 Å². The second-order valence-corrected chi connectivity index (χ2v) is 5.28. The van der Waals surface area contributed by atoms with Crippen LogP contribution < -0.4 is 10.1 Å². The lowest BCUT2D eigenvalue weighted by Crippen LogP contribution is -2.23. The molecule has 25 heavy (non-hydrogen) atoms. The van der Waals surface area contributed by atoms with Gasteiger partial charge in [0.2, 0.25) is 5.89 Å². The molecule has 0 spiro atoms. The molecule has 9 heteroatoms. The van der Waals surface area contributed by atoms with Gasteiger partial charge in [-0.25, -0.2) is 19.3 Å². The molecule has 0 radical (unpaired) electrons. The average Bonchev–Trinajstić information content (AvgIpc) is 3.09. The fraction of sp³-hybridized carbons (Fsp3) is 0.125. The van der Waals surface area contributed by atoms with Crippen LogP contribution >= 0.6 is 11.6 Å². The Balaban J connectivity index is 1.55. The van der Waals surface area contributed by atoms with Crippen LogP contribution in [-0.4, -0.2) is 20.9 Å². The van der Waals surface area contributed by atoms with Crippen LogP contribution in [0.4, 0.5) is 4.39 Å². The molecule has 0 bridgehead atoms. The van der Waals surface area contributed by atoms with Crippen LogP contribution in [0.5, 0.6) is 5.75 Å². The number of hydrogen-bond donors (Lipinski definition) is 1. The Hall–Kier alpha value is -3.00. The van der Waals surface area contributed by atoms with E-state index in [-0.39, 0.29) is 35.5 Å². The number of nitrogens with one attached hydrogen (secondary N) is 1. The van der Waals surface area contributed by atoms with Gasteiger partial charge in [-0.2, -0.15) is 0 Å².